The third-order valence-electron chi connectivity index (χ3n) is 5.08. The number of benzene rings is 1. The van der Waals surface area contributed by atoms with Crippen LogP contribution in [0.1, 0.15) is 30.1 Å². The van der Waals surface area contributed by atoms with Gasteiger partial charge in [-0.1, -0.05) is 22.0 Å². The van der Waals surface area contributed by atoms with Crippen LogP contribution in [0.25, 0.3) is 10.9 Å². The summed E-state index contributed by atoms with van der Waals surface area (Å²) in [7, 11) is 1.49. The van der Waals surface area contributed by atoms with Gasteiger partial charge in [-0.25, -0.2) is 0 Å². The summed E-state index contributed by atoms with van der Waals surface area (Å²) < 4.78 is 6.13. The average Bonchev–Trinajstić information content (AvgIpc) is 2.91. The largest absolute Gasteiger partial charge is 0.469 e. The van der Waals surface area contributed by atoms with E-state index in [0.717, 1.165) is 42.3 Å². The second-order valence-corrected chi connectivity index (χ2v) is 7.13. The first-order valence-corrected chi connectivity index (χ1v) is 8.60. The number of piperidine rings is 1. The molecule has 2 aliphatic heterocycles. The van der Waals surface area contributed by atoms with Crippen LogP contribution in [0.4, 0.5) is 0 Å². The van der Waals surface area contributed by atoms with Crippen LogP contribution < -0.4 is 0 Å². The monoisotopic (exact) mass is 362 g/mol. The van der Waals surface area contributed by atoms with E-state index in [1.165, 1.54) is 23.8 Å². The normalized spacial score (nSPS) is 24.8. The number of nitrogens with one attached hydrogen (secondary N) is 1. The third-order valence-corrected chi connectivity index (χ3v) is 5.58. The molecule has 5 heteroatoms. The van der Waals surface area contributed by atoms with Crippen molar-refractivity contribution in [2.45, 2.75) is 25.3 Å². The first-order valence-electron chi connectivity index (χ1n) is 7.81. The molecule has 2 atom stereocenters. The lowest BCUT2D eigenvalue weighted by Gasteiger charge is -2.42. The van der Waals surface area contributed by atoms with E-state index in [1.807, 2.05) is 0 Å². The van der Waals surface area contributed by atoms with Crippen LogP contribution in [0.2, 0.25) is 0 Å². The Morgan fingerprint density at radius 1 is 1.41 bits per heavy atom. The van der Waals surface area contributed by atoms with Gasteiger partial charge in [0.05, 0.1) is 19.1 Å². The van der Waals surface area contributed by atoms with Crippen molar-refractivity contribution >= 4 is 32.8 Å². The summed E-state index contributed by atoms with van der Waals surface area (Å²) in [5.41, 5.74) is 3.74. The van der Waals surface area contributed by atoms with Gasteiger partial charge in [-0.05, 0) is 43.5 Å². The Labute approximate surface area is 137 Å². The lowest BCUT2D eigenvalue weighted by Crippen LogP contribution is -2.45. The van der Waals surface area contributed by atoms with Crippen LogP contribution in [-0.2, 0) is 16.0 Å². The van der Waals surface area contributed by atoms with Crippen molar-refractivity contribution < 1.29 is 9.53 Å². The molecular weight excluding hydrogens is 344 g/mol. The molecule has 1 N–H and O–H groups in total. The Bertz CT molecular complexity index is 740. The Morgan fingerprint density at radius 3 is 3.09 bits per heavy atom. The van der Waals surface area contributed by atoms with Gasteiger partial charge in [0.15, 0.2) is 0 Å². The van der Waals surface area contributed by atoms with Crippen LogP contribution in [0.15, 0.2) is 22.7 Å². The third kappa shape index (κ3) is 2.10. The Morgan fingerprint density at radius 2 is 2.27 bits per heavy atom. The number of methoxy groups -OCH3 is 1. The number of rotatable bonds is 1. The lowest BCUT2D eigenvalue weighted by molar-refractivity contribution is -0.150. The van der Waals surface area contributed by atoms with Gasteiger partial charge < -0.3 is 9.72 Å². The number of hydrogen-bond donors (Lipinski definition) is 1. The fraction of sp³-hybridized carbons (Fsp3) is 0.471. The quantitative estimate of drug-likeness (QED) is 0.790. The van der Waals surface area contributed by atoms with Crippen molar-refractivity contribution in [3.05, 3.63) is 33.9 Å². The fourth-order valence-corrected chi connectivity index (χ4v) is 4.49. The molecule has 22 heavy (non-hydrogen) atoms. The van der Waals surface area contributed by atoms with Gasteiger partial charge in [0.2, 0.25) is 0 Å². The predicted octanol–water partition coefficient (Wildman–Crippen LogP) is 3.41. The predicted molar refractivity (Wildman–Crippen MR) is 88.8 cm³/mol. The highest BCUT2D eigenvalue weighted by molar-refractivity contribution is 9.10. The highest BCUT2D eigenvalue weighted by atomic mass is 79.9. The number of H-pyrrole nitrogens is 1. The molecule has 0 spiro atoms. The summed E-state index contributed by atoms with van der Waals surface area (Å²) in [6.07, 6.45) is 3.02. The van der Waals surface area contributed by atoms with Gasteiger partial charge in [0, 0.05) is 27.6 Å². The summed E-state index contributed by atoms with van der Waals surface area (Å²) in [5.74, 6) is -0.142. The molecular formula is C17H19BrN2O2. The Hall–Kier alpha value is -1.33. The summed E-state index contributed by atoms with van der Waals surface area (Å²) >= 11 is 3.54. The summed E-state index contributed by atoms with van der Waals surface area (Å²) in [6.45, 7) is 2.09. The molecule has 0 aliphatic carbocycles. The van der Waals surface area contributed by atoms with Crippen molar-refractivity contribution in [1.29, 1.82) is 0 Å². The van der Waals surface area contributed by atoms with Gasteiger partial charge in [0.1, 0.15) is 0 Å². The first kappa shape index (κ1) is 14.3. The van der Waals surface area contributed by atoms with E-state index < -0.39 is 0 Å². The van der Waals surface area contributed by atoms with Crippen molar-refractivity contribution in [3.8, 4) is 0 Å². The maximum absolute atomic E-state index is 12.2. The molecule has 0 unspecified atom stereocenters. The van der Waals surface area contributed by atoms with Crippen molar-refractivity contribution in [1.82, 2.24) is 9.88 Å². The number of fused-ring (bicyclic) bond motifs is 5. The number of esters is 1. The van der Waals surface area contributed by atoms with Gasteiger partial charge in [-0.3, -0.25) is 9.69 Å². The fourth-order valence-electron chi connectivity index (χ4n) is 4.12. The smallest absolute Gasteiger partial charge is 0.310 e. The van der Waals surface area contributed by atoms with Gasteiger partial charge in [-0.2, -0.15) is 0 Å². The number of ether oxygens (including phenoxy) is 1. The van der Waals surface area contributed by atoms with Crippen molar-refractivity contribution in [2.24, 2.45) is 5.92 Å². The standard InChI is InChI=1S/C17H19BrN2O2/c1-22-17(21)13-3-2-7-20-8-6-12-11-5-4-10(18)9-14(11)19-15(12)16(13)20/h4-5,9,13,16,19H,2-3,6-8H2,1H3/t13-,16-/m0/s1. The molecule has 116 valence electrons. The summed E-state index contributed by atoms with van der Waals surface area (Å²) in [5, 5.41) is 1.28. The molecule has 0 saturated carbocycles. The van der Waals surface area contributed by atoms with E-state index in [9.17, 15) is 4.79 Å². The molecule has 1 saturated heterocycles. The molecule has 2 aromatic rings. The number of hydrogen-bond acceptors (Lipinski definition) is 3. The van der Waals surface area contributed by atoms with E-state index in [4.69, 9.17) is 4.74 Å². The minimum atomic E-state index is -0.0811. The number of carbonyl (C=O) groups excluding carboxylic acids is 1. The summed E-state index contributed by atoms with van der Waals surface area (Å²) in [6, 6.07) is 6.51. The molecule has 1 aromatic heterocycles. The first-order chi connectivity index (χ1) is 10.7. The van der Waals surface area contributed by atoms with Gasteiger partial charge in [0.25, 0.3) is 0 Å². The minimum absolute atomic E-state index is 0.0608. The van der Waals surface area contributed by atoms with Gasteiger partial charge >= 0.3 is 5.97 Å². The molecule has 3 heterocycles. The van der Waals surface area contributed by atoms with Crippen LogP contribution >= 0.6 is 15.9 Å². The zero-order valence-electron chi connectivity index (χ0n) is 12.6. The molecule has 1 aromatic carbocycles. The number of aromatic nitrogens is 1. The van der Waals surface area contributed by atoms with Crippen molar-refractivity contribution in [3.63, 3.8) is 0 Å². The lowest BCUT2D eigenvalue weighted by atomic mass is 9.82. The number of halogens is 1. The zero-order chi connectivity index (χ0) is 15.3. The van der Waals surface area contributed by atoms with E-state index in [2.05, 4.69) is 44.0 Å². The second kappa shape index (κ2) is 5.39. The molecule has 2 aliphatic rings. The van der Waals surface area contributed by atoms with E-state index in [0.29, 0.717) is 0 Å². The SMILES string of the molecule is COC(=O)[C@H]1CCCN2CCc3c([nH]c4cc(Br)ccc34)[C@H]12. The molecule has 0 amide bonds. The van der Waals surface area contributed by atoms with Crippen LogP contribution in [-0.4, -0.2) is 36.1 Å². The molecule has 0 radical (unpaired) electrons. The number of aromatic amines is 1. The van der Waals surface area contributed by atoms with Crippen LogP contribution in [0, 0.1) is 5.92 Å². The second-order valence-electron chi connectivity index (χ2n) is 6.21. The Kier molecular flexibility index (Phi) is 3.50. The molecule has 0 bridgehead atoms. The Balaban J connectivity index is 1.85. The number of nitrogens with zero attached hydrogens (tertiary/aromatic N) is 1. The maximum atomic E-state index is 12.2. The van der Waals surface area contributed by atoms with Crippen molar-refractivity contribution in [2.75, 3.05) is 20.2 Å². The van der Waals surface area contributed by atoms with E-state index in [-0.39, 0.29) is 17.9 Å². The zero-order valence-corrected chi connectivity index (χ0v) is 14.1. The molecule has 1 fully saturated rings. The number of carbonyl (C=O) groups is 1. The minimum Gasteiger partial charge on any atom is -0.469 e. The average molecular weight is 363 g/mol. The van der Waals surface area contributed by atoms with Crippen LogP contribution in [0.3, 0.4) is 0 Å². The van der Waals surface area contributed by atoms with E-state index >= 15 is 0 Å². The maximum Gasteiger partial charge on any atom is 0.310 e. The van der Waals surface area contributed by atoms with E-state index in [1.54, 1.807) is 0 Å². The van der Waals surface area contributed by atoms with Crippen LogP contribution in [0.5, 0.6) is 0 Å². The van der Waals surface area contributed by atoms with Gasteiger partial charge in [-0.15, -0.1) is 0 Å². The molecule has 4 nitrogen and oxygen atoms in total. The molecule has 4 rings (SSSR count). The highest BCUT2D eigenvalue weighted by Gasteiger charge is 2.42. The topological polar surface area (TPSA) is 45.3 Å². The summed E-state index contributed by atoms with van der Waals surface area (Å²) in [4.78, 5) is 18.3. The highest BCUT2D eigenvalue weighted by Crippen LogP contribution is 2.43.